The molecule has 5 nitrogen and oxygen atoms in total. The summed E-state index contributed by atoms with van der Waals surface area (Å²) in [4.78, 5) is 26.1. The van der Waals surface area contributed by atoms with Crippen LogP contribution in [0, 0.1) is 13.5 Å². The van der Waals surface area contributed by atoms with Crippen LogP contribution in [0.15, 0.2) is 60.8 Å². The lowest BCUT2D eigenvalue weighted by molar-refractivity contribution is 0.0734. The highest BCUT2D eigenvalue weighted by atomic mass is 16.2. The van der Waals surface area contributed by atoms with E-state index in [0.717, 1.165) is 34.1 Å². The molecule has 3 heterocycles. The zero-order chi connectivity index (χ0) is 20.7. The first kappa shape index (κ1) is 18.1. The lowest BCUT2D eigenvalue weighted by Gasteiger charge is -2.27. The number of hydrogen-bond donors (Lipinski definition) is 1. The molecule has 1 amide bonds. The summed E-state index contributed by atoms with van der Waals surface area (Å²) < 4.78 is 0. The maximum atomic E-state index is 13.0. The smallest absolute Gasteiger partial charge is 0.255 e. The van der Waals surface area contributed by atoms with Crippen LogP contribution in [0.2, 0.25) is 0 Å². The van der Waals surface area contributed by atoms with Gasteiger partial charge in [-0.05, 0) is 42.3 Å². The zero-order valence-electron chi connectivity index (χ0n) is 16.6. The van der Waals surface area contributed by atoms with Gasteiger partial charge in [0.1, 0.15) is 0 Å². The highest BCUT2D eigenvalue weighted by Gasteiger charge is 2.25. The second-order valence-electron chi connectivity index (χ2n) is 7.67. The van der Waals surface area contributed by atoms with Gasteiger partial charge < -0.3 is 9.88 Å². The number of carbonyl (C=O) groups is 1. The van der Waals surface area contributed by atoms with Gasteiger partial charge in [0.05, 0.1) is 12.1 Å². The number of benzene rings is 2. The van der Waals surface area contributed by atoms with Gasteiger partial charge in [0.2, 0.25) is 0 Å². The molecule has 2 aromatic carbocycles. The molecule has 0 atom stereocenters. The minimum atomic E-state index is 0.0217. The van der Waals surface area contributed by atoms with Crippen molar-refractivity contribution in [2.24, 2.45) is 0 Å². The van der Waals surface area contributed by atoms with E-state index in [4.69, 9.17) is 6.57 Å². The molecule has 146 valence electrons. The minimum absolute atomic E-state index is 0.0217. The third-order valence-corrected chi connectivity index (χ3v) is 5.75. The Bertz CT molecular complexity index is 1290. The predicted octanol–water partition coefficient (Wildman–Crippen LogP) is 5.29. The van der Waals surface area contributed by atoms with Crippen molar-refractivity contribution >= 4 is 22.5 Å². The molecule has 30 heavy (non-hydrogen) atoms. The third-order valence-electron chi connectivity index (χ3n) is 5.75. The van der Waals surface area contributed by atoms with Crippen molar-refractivity contribution in [3.8, 4) is 11.1 Å². The van der Waals surface area contributed by atoms with Crippen LogP contribution in [0.3, 0.4) is 0 Å². The molecule has 0 saturated heterocycles. The Morgan fingerprint density at radius 3 is 2.63 bits per heavy atom. The Labute approximate surface area is 174 Å². The van der Waals surface area contributed by atoms with E-state index in [9.17, 15) is 4.79 Å². The number of nitrogens with zero attached hydrogens (tertiary/aromatic N) is 3. The van der Waals surface area contributed by atoms with Crippen molar-refractivity contribution in [2.45, 2.75) is 19.9 Å². The minimum Gasteiger partial charge on any atom is -0.358 e. The van der Waals surface area contributed by atoms with Crippen molar-refractivity contribution in [1.29, 1.82) is 0 Å². The number of fused-ring (bicyclic) bond motifs is 3. The van der Waals surface area contributed by atoms with E-state index >= 15 is 0 Å². The molecule has 0 bridgehead atoms. The van der Waals surface area contributed by atoms with Crippen LogP contribution in [0.25, 0.3) is 26.9 Å². The lowest BCUT2D eigenvalue weighted by Crippen LogP contribution is -2.35. The number of aromatic nitrogens is 2. The molecular weight excluding hydrogens is 372 g/mol. The largest absolute Gasteiger partial charge is 0.358 e. The van der Waals surface area contributed by atoms with E-state index < -0.39 is 0 Å². The number of pyridine rings is 1. The summed E-state index contributed by atoms with van der Waals surface area (Å²) in [5.41, 5.74) is 7.83. The van der Waals surface area contributed by atoms with Gasteiger partial charge in [-0.2, -0.15) is 0 Å². The lowest BCUT2D eigenvalue weighted by atomic mass is 9.99. The molecule has 1 aliphatic heterocycles. The van der Waals surface area contributed by atoms with Crippen LogP contribution in [0.4, 0.5) is 5.69 Å². The van der Waals surface area contributed by atoms with Crippen molar-refractivity contribution in [3.05, 3.63) is 94.7 Å². The first-order chi connectivity index (χ1) is 14.6. The zero-order valence-corrected chi connectivity index (χ0v) is 16.6. The van der Waals surface area contributed by atoms with Crippen LogP contribution in [-0.2, 0) is 13.0 Å². The number of nitrogens with one attached hydrogen (secondary N) is 1. The summed E-state index contributed by atoms with van der Waals surface area (Å²) in [5.74, 6) is 0.0217. The average molecular weight is 392 g/mol. The van der Waals surface area contributed by atoms with Gasteiger partial charge in [0.15, 0.2) is 5.69 Å². The Balaban J connectivity index is 1.49. The summed E-state index contributed by atoms with van der Waals surface area (Å²) in [5, 5.41) is 1.15. The fourth-order valence-electron chi connectivity index (χ4n) is 4.07. The number of aromatic amines is 1. The van der Waals surface area contributed by atoms with E-state index in [1.54, 1.807) is 6.20 Å². The maximum Gasteiger partial charge on any atom is 0.255 e. The van der Waals surface area contributed by atoms with Gasteiger partial charge in [-0.25, -0.2) is 4.85 Å². The van der Waals surface area contributed by atoms with E-state index in [0.29, 0.717) is 24.3 Å². The van der Waals surface area contributed by atoms with Gasteiger partial charge >= 0.3 is 0 Å². The molecule has 0 fully saturated rings. The molecule has 5 rings (SSSR count). The first-order valence-corrected chi connectivity index (χ1v) is 9.96. The van der Waals surface area contributed by atoms with Crippen LogP contribution in [0.1, 0.15) is 27.3 Å². The number of carbonyl (C=O) groups excluding carboxylic acids is 1. The monoisotopic (exact) mass is 392 g/mol. The normalized spacial score (nSPS) is 13.1. The molecule has 0 spiro atoms. The standard InChI is InChI=1S/C25H20N4O/c1-16-3-4-19(14-27-16)25(30)29-12-11-24-22(15-29)21-13-18(7-10-23(21)28-24)17-5-8-20(26-2)9-6-17/h3-10,13-14,28H,11-12,15H2,1H3. The number of H-pyrrole nitrogens is 1. The number of hydrogen-bond acceptors (Lipinski definition) is 2. The summed E-state index contributed by atoms with van der Waals surface area (Å²) in [6.45, 7) is 10.3. The van der Waals surface area contributed by atoms with Crippen LogP contribution < -0.4 is 0 Å². The van der Waals surface area contributed by atoms with Crippen LogP contribution in [0.5, 0.6) is 0 Å². The Kier molecular flexibility index (Phi) is 4.33. The molecule has 5 heteroatoms. The summed E-state index contributed by atoms with van der Waals surface area (Å²) in [7, 11) is 0. The van der Waals surface area contributed by atoms with Crippen molar-refractivity contribution < 1.29 is 4.79 Å². The maximum absolute atomic E-state index is 13.0. The molecular formula is C25H20N4O. The van der Waals surface area contributed by atoms with E-state index in [1.165, 1.54) is 11.3 Å². The fourth-order valence-corrected chi connectivity index (χ4v) is 4.07. The SMILES string of the molecule is [C-]#[N+]c1ccc(-c2ccc3[nH]c4c(c3c2)CN(C(=O)c2ccc(C)nc2)CC4)cc1. The average Bonchev–Trinajstić information content (AvgIpc) is 3.16. The van der Waals surface area contributed by atoms with Gasteiger partial charge in [-0.15, -0.1) is 0 Å². The van der Waals surface area contributed by atoms with Crippen LogP contribution in [-0.4, -0.2) is 27.3 Å². The molecule has 0 saturated carbocycles. The second-order valence-corrected chi connectivity index (χ2v) is 7.67. The quantitative estimate of drug-likeness (QED) is 0.472. The number of aryl methyl sites for hydroxylation is 1. The third kappa shape index (κ3) is 3.13. The van der Waals surface area contributed by atoms with Crippen molar-refractivity contribution in [1.82, 2.24) is 14.9 Å². The van der Waals surface area contributed by atoms with Crippen LogP contribution >= 0.6 is 0 Å². The van der Waals surface area contributed by atoms with Gasteiger partial charge in [-0.3, -0.25) is 9.78 Å². The highest BCUT2D eigenvalue weighted by Crippen LogP contribution is 2.32. The number of rotatable bonds is 2. The second kappa shape index (κ2) is 7.16. The van der Waals surface area contributed by atoms with Crippen molar-refractivity contribution in [2.75, 3.05) is 6.54 Å². The Morgan fingerprint density at radius 1 is 1.10 bits per heavy atom. The molecule has 0 unspecified atom stereocenters. The van der Waals surface area contributed by atoms with Gasteiger partial charge in [-0.1, -0.05) is 30.3 Å². The topological polar surface area (TPSA) is 53.4 Å². The van der Waals surface area contributed by atoms with Gasteiger partial charge in [0, 0.05) is 53.6 Å². The molecule has 4 aromatic rings. The summed E-state index contributed by atoms with van der Waals surface area (Å²) in [6, 6.07) is 17.7. The van der Waals surface area contributed by atoms with E-state index in [-0.39, 0.29) is 5.91 Å². The van der Waals surface area contributed by atoms with Gasteiger partial charge in [0.25, 0.3) is 5.91 Å². The molecule has 1 N–H and O–H groups in total. The van der Waals surface area contributed by atoms with Crippen molar-refractivity contribution in [3.63, 3.8) is 0 Å². The molecule has 1 aliphatic rings. The fraction of sp³-hybridized carbons (Fsp3) is 0.160. The molecule has 0 radical (unpaired) electrons. The highest BCUT2D eigenvalue weighted by molar-refractivity contribution is 5.95. The Morgan fingerprint density at radius 2 is 1.90 bits per heavy atom. The molecule has 2 aromatic heterocycles. The Hall–Kier alpha value is -3.91. The predicted molar refractivity (Wildman–Crippen MR) is 117 cm³/mol. The summed E-state index contributed by atoms with van der Waals surface area (Å²) in [6.07, 6.45) is 2.47. The van der Waals surface area contributed by atoms with E-state index in [2.05, 4.69) is 33.0 Å². The first-order valence-electron chi connectivity index (χ1n) is 9.96. The summed E-state index contributed by atoms with van der Waals surface area (Å²) >= 11 is 0. The molecule has 0 aliphatic carbocycles. The van der Waals surface area contributed by atoms with E-state index in [1.807, 2.05) is 48.2 Å². The number of amides is 1.